The van der Waals surface area contributed by atoms with Gasteiger partial charge in [-0.15, -0.1) is 0 Å². The number of pyridine rings is 1. The van der Waals surface area contributed by atoms with E-state index in [4.69, 9.17) is 0 Å². The van der Waals surface area contributed by atoms with Crippen molar-refractivity contribution in [3.8, 4) is 0 Å². The summed E-state index contributed by atoms with van der Waals surface area (Å²) in [5.74, 6) is -1.34. The van der Waals surface area contributed by atoms with E-state index >= 15 is 0 Å². The summed E-state index contributed by atoms with van der Waals surface area (Å²) in [6.45, 7) is 2.34. The molecule has 0 aliphatic rings. The summed E-state index contributed by atoms with van der Waals surface area (Å²) in [6, 6.07) is 2.61. The molecular weight excluding hydrogens is 244 g/mol. The van der Waals surface area contributed by atoms with Gasteiger partial charge < -0.3 is 10.6 Å². The van der Waals surface area contributed by atoms with Crippen LogP contribution in [0.15, 0.2) is 22.9 Å². The monoisotopic (exact) mass is 255 g/mol. The van der Waals surface area contributed by atoms with Crippen molar-refractivity contribution in [2.45, 2.75) is 6.92 Å². The molecule has 0 spiro atoms. The highest BCUT2D eigenvalue weighted by molar-refractivity contribution is 7.08. The van der Waals surface area contributed by atoms with Crippen molar-refractivity contribution in [3.63, 3.8) is 0 Å². The van der Waals surface area contributed by atoms with E-state index in [1.165, 1.54) is 11.3 Å². The highest BCUT2D eigenvalue weighted by atomic mass is 32.1. The predicted molar refractivity (Wildman–Crippen MR) is 65.9 cm³/mol. The first kappa shape index (κ1) is 11.8. The first-order valence-corrected chi connectivity index (χ1v) is 6.04. The molecule has 2 aromatic heterocycles. The van der Waals surface area contributed by atoms with Gasteiger partial charge in [0.2, 0.25) is 0 Å². The molecule has 2 heterocycles. The van der Waals surface area contributed by atoms with Crippen molar-refractivity contribution in [2.75, 3.05) is 17.2 Å². The Labute approximate surface area is 102 Å². The first-order valence-electron chi connectivity index (χ1n) is 5.10. The summed E-state index contributed by atoms with van der Waals surface area (Å²) >= 11 is 1.48. The van der Waals surface area contributed by atoms with Crippen molar-refractivity contribution in [1.82, 2.24) is 4.98 Å². The molecule has 0 atom stereocenters. The van der Waals surface area contributed by atoms with Gasteiger partial charge in [0.1, 0.15) is 0 Å². The molecule has 0 aliphatic heterocycles. The zero-order valence-electron chi connectivity index (χ0n) is 9.13. The molecule has 6 heteroatoms. The molecule has 90 valence electrons. The van der Waals surface area contributed by atoms with Crippen LogP contribution in [0.3, 0.4) is 0 Å². The second-order valence-electron chi connectivity index (χ2n) is 3.32. The second kappa shape index (κ2) is 5.09. The Morgan fingerprint density at radius 2 is 2.06 bits per heavy atom. The number of aromatic nitrogens is 1. The van der Waals surface area contributed by atoms with Gasteiger partial charge in [-0.3, -0.25) is 0 Å². The average Bonchev–Trinajstić information content (AvgIpc) is 2.78. The summed E-state index contributed by atoms with van der Waals surface area (Å²) in [7, 11) is 0. The summed E-state index contributed by atoms with van der Waals surface area (Å²) in [5, 5.41) is 9.20. The molecule has 2 N–H and O–H groups in total. The van der Waals surface area contributed by atoms with Crippen LogP contribution in [0.4, 0.5) is 26.1 Å². The van der Waals surface area contributed by atoms with Crippen LogP contribution >= 0.6 is 11.3 Å². The summed E-state index contributed by atoms with van der Waals surface area (Å²) in [6.07, 6.45) is 0. The molecule has 3 nitrogen and oxygen atoms in total. The average molecular weight is 255 g/mol. The van der Waals surface area contributed by atoms with Gasteiger partial charge in [-0.2, -0.15) is 11.3 Å². The van der Waals surface area contributed by atoms with E-state index in [1.54, 1.807) is 6.07 Å². The zero-order chi connectivity index (χ0) is 12.3. The lowest BCUT2D eigenvalue weighted by Gasteiger charge is -2.09. The molecule has 2 aromatic rings. The lowest BCUT2D eigenvalue weighted by molar-refractivity contribution is 0.579. The lowest BCUT2D eigenvalue weighted by atomic mass is 10.3. The zero-order valence-corrected chi connectivity index (χ0v) is 9.94. The SMILES string of the molecule is CCNc1nc(Nc2ccsc2)c(F)cc1F. The van der Waals surface area contributed by atoms with Crippen LogP contribution in [0.25, 0.3) is 0 Å². The van der Waals surface area contributed by atoms with Gasteiger partial charge in [-0.25, -0.2) is 13.8 Å². The van der Waals surface area contributed by atoms with Crippen LogP contribution in [-0.4, -0.2) is 11.5 Å². The van der Waals surface area contributed by atoms with Gasteiger partial charge in [-0.1, -0.05) is 0 Å². The van der Waals surface area contributed by atoms with E-state index in [0.29, 0.717) is 6.54 Å². The van der Waals surface area contributed by atoms with E-state index in [-0.39, 0.29) is 11.6 Å². The number of hydrogen-bond donors (Lipinski definition) is 2. The minimum Gasteiger partial charge on any atom is -0.368 e. The summed E-state index contributed by atoms with van der Waals surface area (Å²) in [4.78, 5) is 3.87. The normalized spacial score (nSPS) is 10.3. The Kier molecular flexibility index (Phi) is 3.53. The van der Waals surface area contributed by atoms with Crippen LogP contribution in [0, 0.1) is 11.6 Å². The van der Waals surface area contributed by atoms with Crippen LogP contribution in [0.2, 0.25) is 0 Å². The fraction of sp³-hybridized carbons (Fsp3) is 0.182. The molecule has 17 heavy (non-hydrogen) atoms. The third-order valence-corrected chi connectivity index (χ3v) is 2.74. The van der Waals surface area contributed by atoms with Gasteiger partial charge in [0.05, 0.1) is 5.69 Å². The summed E-state index contributed by atoms with van der Waals surface area (Å²) < 4.78 is 26.8. The Hall–Kier alpha value is -1.69. The maximum Gasteiger partial charge on any atom is 0.169 e. The molecule has 0 saturated carbocycles. The molecular formula is C11H11F2N3S. The molecule has 0 saturated heterocycles. The molecule has 0 amide bonds. The van der Waals surface area contributed by atoms with Crippen LogP contribution in [0.5, 0.6) is 0 Å². The van der Waals surface area contributed by atoms with E-state index in [0.717, 1.165) is 11.8 Å². The number of nitrogens with one attached hydrogen (secondary N) is 2. The fourth-order valence-corrected chi connectivity index (χ4v) is 1.91. The standard InChI is InChI=1S/C11H11F2N3S/c1-2-14-10-8(12)5-9(13)11(16-10)15-7-3-4-17-6-7/h3-6H,2H2,1H3,(H2,14,15,16). The van der Waals surface area contributed by atoms with Gasteiger partial charge >= 0.3 is 0 Å². The number of anilines is 3. The third-order valence-electron chi connectivity index (χ3n) is 2.06. The quantitative estimate of drug-likeness (QED) is 0.876. The second-order valence-corrected chi connectivity index (χ2v) is 4.10. The molecule has 0 unspecified atom stereocenters. The molecule has 0 aliphatic carbocycles. The Balaban J connectivity index is 2.29. The number of nitrogens with zero attached hydrogens (tertiary/aromatic N) is 1. The first-order chi connectivity index (χ1) is 8.20. The summed E-state index contributed by atoms with van der Waals surface area (Å²) in [5.41, 5.74) is 0.732. The third kappa shape index (κ3) is 2.71. The maximum atomic E-state index is 13.5. The Bertz CT molecular complexity index is 500. The maximum absolute atomic E-state index is 13.5. The number of halogens is 2. The van der Waals surface area contributed by atoms with E-state index in [1.807, 2.05) is 17.7 Å². The Morgan fingerprint density at radius 3 is 2.71 bits per heavy atom. The van der Waals surface area contributed by atoms with Crippen molar-refractivity contribution >= 4 is 28.7 Å². The van der Waals surface area contributed by atoms with Gasteiger partial charge in [0.15, 0.2) is 23.3 Å². The Morgan fingerprint density at radius 1 is 1.29 bits per heavy atom. The number of hydrogen-bond acceptors (Lipinski definition) is 4. The van der Waals surface area contributed by atoms with Gasteiger partial charge in [-0.05, 0) is 18.4 Å². The van der Waals surface area contributed by atoms with E-state index < -0.39 is 11.6 Å². The van der Waals surface area contributed by atoms with Crippen LogP contribution in [0.1, 0.15) is 6.92 Å². The van der Waals surface area contributed by atoms with Crippen molar-refractivity contribution in [3.05, 3.63) is 34.5 Å². The topological polar surface area (TPSA) is 37.0 Å². The number of rotatable bonds is 4. The van der Waals surface area contributed by atoms with Gasteiger partial charge in [0.25, 0.3) is 0 Å². The highest BCUT2D eigenvalue weighted by Gasteiger charge is 2.11. The van der Waals surface area contributed by atoms with Crippen LogP contribution < -0.4 is 10.6 Å². The van der Waals surface area contributed by atoms with E-state index in [9.17, 15) is 8.78 Å². The minimum absolute atomic E-state index is 0.0146. The minimum atomic E-state index is -0.713. The highest BCUT2D eigenvalue weighted by Crippen LogP contribution is 2.23. The molecule has 0 aromatic carbocycles. The molecule has 0 bridgehead atoms. The smallest absolute Gasteiger partial charge is 0.169 e. The predicted octanol–water partition coefficient (Wildman–Crippen LogP) is 3.60. The molecule has 2 rings (SSSR count). The molecule has 0 radical (unpaired) electrons. The number of thiophene rings is 1. The van der Waals surface area contributed by atoms with Gasteiger partial charge in [0, 0.05) is 18.0 Å². The van der Waals surface area contributed by atoms with Crippen molar-refractivity contribution in [1.29, 1.82) is 0 Å². The van der Waals surface area contributed by atoms with E-state index in [2.05, 4.69) is 15.6 Å². The lowest BCUT2D eigenvalue weighted by Crippen LogP contribution is -2.06. The van der Waals surface area contributed by atoms with Crippen LogP contribution in [-0.2, 0) is 0 Å². The van der Waals surface area contributed by atoms with Crippen molar-refractivity contribution in [2.24, 2.45) is 0 Å². The molecule has 0 fully saturated rings. The largest absolute Gasteiger partial charge is 0.368 e. The van der Waals surface area contributed by atoms with Crippen molar-refractivity contribution < 1.29 is 8.78 Å². The fourth-order valence-electron chi connectivity index (χ4n) is 1.32.